The number of hydrogen-bond acceptors (Lipinski definition) is 7. The number of likely N-dealkylation sites (tertiary alicyclic amines) is 1. The number of nitrogens with two attached hydrogens (primary N) is 1. The molecule has 2 aromatic heterocycles. The first-order valence-corrected chi connectivity index (χ1v) is 9.21. The van der Waals surface area contributed by atoms with Crippen molar-refractivity contribution in [2.75, 3.05) is 31.2 Å². The molecule has 0 aliphatic carbocycles. The van der Waals surface area contributed by atoms with Gasteiger partial charge in [0.25, 0.3) is 0 Å². The van der Waals surface area contributed by atoms with Crippen LogP contribution in [0.2, 0.25) is 0 Å². The third kappa shape index (κ3) is 4.67. The lowest BCUT2D eigenvalue weighted by atomic mass is 10.1. The Kier molecular flexibility index (Phi) is 6.26. The summed E-state index contributed by atoms with van der Waals surface area (Å²) < 4.78 is 6.01. The Labute approximate surface area is 166 Å². The van der Waals surface area contributed by atoms with Crippen molar-refractivity contribution in [3.8, 4) is 5.88 Å². The average Bonchev–Trinajstić information content (AvgIpc) is 2.69. The zero-order valence-electron chi connectivity index (χ0n) is 15.4. The van der Waals surface area contributed by atoms with E-state index in [1.54, 1.807) is 18.6 Å². The van der Waals surface area contributed by atoms with Crippen LogP contribution in [0.1, 0.15) is 25.8 Å². The van der Waals surface area contributed by atoms with Crippen molar-refractivity contribution < 1.29 is 4.74 Å². The van der Waals surface area contributed by atoms with E-state index in [-0.39, 0.29) is 13.5 Å². The molecule has 3 heterocycles. The number of hydrogen-bond donors (Lipinski definition) is 2. The molecule has 0 unspecified atom stereocenters. The molecule has 0 amide bonds. The van der Waals surface area contributed by atoms with Gasteiger partial charge in [-0.3, -0.25) is 4.98 Å². The van der Waals surface area contributed by atoms with Gasteiger partial charge in [0.15, 0.2) is 0 Å². The summed E-state index contributed by atoms with van der Waals surface area (Å²) in [6.07, 6.45) is 7.37. The number of aromatic nitrogens is 3. The van der Waals surface area contributed by atoms with Crippen LogP contribution in [0.3, 0.4) is 0 Å². The van der Waals surface area contributed by atoms with Crippen molar-refractivity contribution in [1.29, 1.82) is 0 Å². The molecule has 0 radical (unpaired) electrons. The monoisotopic (exact) mass is 380 g/mol. The van der Waals surface area contributed by atoms with Crippen LogP contribution in [-0.4, -0.2) is 46.1 Å². The van der Waals surface area contributed by atoms with Gasteiger partial charge in [0.05, 0.1) is 12.4 Å². The summed E-state index contributed by atoms with van der Waals surface area (Å²) in [6.45, 7) is 2.75. The lowest BCUT2D eigenvalue weighted by Gasteiger charge is -2.28. The summed E-state index contributed by atoms with van der Waals surface area (Å²) in [5, 5.41) is 5.36. The fraction of sp³-hybridized carbons (Fsp3) is 0.381. The Bertz CT molecular complexity index is 924. The van der Waals surface area contributed by atoms with Crippen molar-refractivity contribution in [3.05, 3.63) is 48.4 Å². The van der Waals surface area contributed by atoms with Gasteiger partial charge in [-0.2, -0.15) is 4.98 Å². The van der Waals surface area contributed by atoms with Crippen LogP contribution in [0.25, 0.3) is 10.8 Å². The van der Waals surface area contributed by atoms with Gasteiger partial charge >= 0.3 is 0 Å². The van der Waals surface area contributed by atoms with Gasteiger partial charge in [0.1, 0.15) is 17.7 Å². The molecule has 0 bridgehead atoms. The maximum atomic E-state index is 6.01. The molecule has 1 saturated heterocycles. The molecule has 7 nitrogen and oxygen atoms in total. The molecule has 0 atom stereocenters. The summed E-state index contributed by atoms with van der Waals surface area (Å²) in [5.74, 6) is 1.83. The summed E-state index contributed by atoms with van der Waals surface area (Å²) in [5.41, 5.74) is 7.05. The van der Waals surface area contributed by atoms with Gasteiger partial charge in [-0.25, -0.2) is 4.98 Å². The standard InChI is InChI=1S/C20H24N6O.CH4/c1-26-8-5-16(6-9-26)27-19-13-22-12-18(25-19)24-11-14-2-3-17-15(10-14)4-7-23-20(17)21;/h2-4,7,10,12-13,16H,5-6,8-9,11H2,1H3,(H2,21,23)(H,24,25);1H4. The lowest BCUT2D eigenvalue weighted by Crippen LogP contribution is -2.35. The SMILES string of the molecule is C.CN1CCC(Oc2cncc(NCc3ccc4c(N)nccc4c3)n2)CC1. The van der Waals surface area contributed by atoms with Crippen LogP contribution in [0.5, 0.6) is 5.88 Å². The third-order valence-corrected chi connectivity index (χ3v) is 4.90. The highest BCUT2D eigenvalue weighted by atomic mass is 16.5. The highest BCUT2D eigenvalue weighted by molar-refractivity contribution is 5.91. The van der Waals surface area contributed by atoms with Gasteiger partial charge in [-0.15, -0.1) is 0 Å². The molecule has 1 fully saturated rings. The van der Waals surface area contributed by atoms with Crippen molar-refractivity contribution in [3.63, 3.8) is 0 Å². The summed E-state index contributed by atoms with van der Waals surface area (Å²) in [6, 6.07) is 8.11. The number of ether oxygens (including phenoxy) is 1. The molecule has 0 spiro atoms. The number of pyridine rings is 1. The quantitative estimate of drug-likeness (QED) is 0.702. The average molecular weight is 380 g/mol. The van der Waals surface area contributed by atoms with Gasteiger partial charge < -0.3 is 20.7 Å². The second kappa shape index (κ2) is 8.84. The summed E-state index contributed by atoms with van der Waals surface area (Å²) in [7, 11) is 2.14. The van der Waals surface area contributed by atoms with E-state index >= 15 is 0 Å². The number of benzene rings is 1. The zero-order valence-corrected chi connectivity index (χ0v) is 15.4. The number of anilines is 2. The van der Waals surface area contributed by atoms with Crippen LogP contribution in [-0.2, 0) is 6.54 Å². The van der Waals surface area contributed by atoms with Crippen molar-refractivity contribution >= 4 is 22.4 Å². The van der Waals surface area contributed by atoms with Crippen LogP contribution >= 0.6 is 0 Å². The van der Waals surface area contributed by atoms with Gasteiger partial charge in [0, 0.05) is 31.2 Å². The molecule has 0 saturated carbocycles. The molecule has 1 aliphatic rings. The van der Waals surface area contributed by atoms with Gasteiger partial charge in [-0.1, -0.05) is 19.6 Å². The van der Waals surface area contributed by atoms with E-state index in [0.717, 1.165) is 42.3 Å². The molecular weight excluding hydrogens is 352 g/mol. The molecule has 3 aromatic rings. The first-order chi connectivity index (χ1) is 13.2. The molecular formula is C21H28N6O. The first kappa shape index (κ1) is 19.8. The van der Waals surface area contributed by atoms with Crippen LogP contribution in [0, 0.1) is 0 Å². The number of rotatable bonds is 5. The summed E-state index contributed by atoms with van der Waals surface area (Å²) >= 11 is 0. The lowest BCUT2D eigenvalue weighted by molar-refractivity contribution is 0.109. The number of nitrogens with zero attached hydrogens (tertiary/aromatic N) is 4. The predicted molar refractivity (Wildman–Crippen MR) is 113 cm³/mol. The van der Waals surface area contributed by atoms with E-state index in [4.69, 9.17) is 10.5 Å². The smallest absolute Gasteiger partial charge is 0.234 e. The Morgan fingerprint density at radius 2 is 2.04 bits per heavy atom. The topological polar surface area (TPSA) is 89.2 Å². The highest BCUT2D eigenvalue weighted by Crippen LogP contribution is 2.21. The van der Waals surface area contributed by atoms with E-state index in [1.807, 2.05) is 18.2 Å². The van der Waals surface area contributed by atoms with Crippen LogP contribution in [0.4, 0.5) is 11.6 Å². The predicted octanol–water partition coefficient (Wildman–Crippen LogP) is 3.33. The number of nitrogen functional groups attached to an aromatic ring is 1. The van der Waals surface area contributed by atoms with Crippen LogP contribution < -0.4 is 15.8 Å². The Morgan fingerprint density at radius 3 is 2.86 bits per heavy atom. The van der Waals surface area contributed by atoms with Crippen molar-refractivity contribution in [1.82, 2.24) is 19.9 Å². The molecule has 1 aromatic carbocycles. The Morgan fingerprint density at radius 1 is 1.21 bits per heavy atom. The van der Waals surface area contributed by atoms with E-state index in [2.05, 4.69) is 38.3 Å². The largest absolute Gasteiger partial charge is 0.473 e. The Balaban J connectivity index is 0.00000225. The maximum absolute atomic E-state index is 6.01. The zero-order chi connectivity index (χ0) is 18.6. The second-order valence-corrected chi connectivity index (χ2v) is 6.97. The van der Waals surface area contributed by atoms with E-state index < -0.39 is 0 Å². The molecule has 1 aliphatic heterocycles. The first-order valence-electron chi connectivity index (χ1n) is 9.21. The minimum absolute atomic E-state index is 0. The molecule has 148 valence electrons. The van der Waals surface area contributed by atoms with E-state index in [0.29, 0.717) is 24.1 Å². The molecule has 7 heteroatoms. The highest BCUT2D eigenvalue weighted by Gasteiger charge is 2.18. The fourth-order valence-electron chi connectivity index (χ4n) is 3.32. The van der Waals surface area contributed by atoms with Gasteiger partial charge in [-0.05, 0) is 43.0 Å². The fourth-order valence-corrected chi connectivity index (χ4v) is 3.32. The van der Waals surface area contributed by atoms with E-state index in [1.165, 1.54) is 0 Å². The number of piperidine rings is 1. The van der Waals surface area contributed by atoms with E-state index in [9.17, 15) is 0 Å². The minimum atomic E-state index is 0. The minimum Gasteiger partial charge on any atom is -0.473 e. The molecule has 28 heavy (non-hydrogen) atoms. The number of nitrogens with one attached hydrogen (secondary N) is 1. The Hall–Kier alpha value is -2.93. The summed E-state index contributed by atoms with van der Waals surface area (Å²) in [4.78, 5) is 15.2. The van der Waals surface area contributed by atoms with Crippen LogP contribution in [0.15, 0.2) is 42.9 Å². The van der Waals surface area contributed by atoms with Crippen molar-refractivity contribution in [2.45, 2.75) is 32.9 Å². The normalized spacial score (nSPS) is 15.2. The molecule has 4 rings (SSSR count). The maximum Gasteiger partial charge on any atom is 0.234 e. The second-order valence-electron chi connectivity index (χ2n) is 6.97. The van der Waals surface area contributed by atoms with Crippen molar-refractivity contribution in [2.24, 2.45) is 0 Å². The molecule has 3 N–H and O–H groups in total. The number of fused-ring (bicyclic) bond motifs is 1. The van der Waals surface area contributed by atoms with Gasteiger partial charge in [0.2, 0.25) is 5.88 Å². The third-order valence-electron chi connectivity index (χ3n) is 4.90.